The van der Waals surface area contributed by atoms with E-state index in [-0.39, 0.29) is 5.92 Å². The highest BCUT2D eigenvalue weighted by atomic mass is 19.1. The van der Waals surface area contributed by atoms with Gasteiger partial charge in [-0.3, -0.25) is 10.8 Å². The lowest BCUT2D eigenvalue weighted by molar-refractivity contribution is 0.317. The Bertz CT molecular complexity index is 995. The molecule has 1 aliphatic rings. The van der Waals surface area contributed by atoms with Gasteiger partial charge < -0.3 is 19.9 Å². The van der Waals surface area contributed by atoms with E-state index < -0.39 is 5.95 Å². The quantitative estimate of drug-likeness (QED) is 0.253. The molecule has 0 aliphatic carbocycles. The van der Waals surface area contributed by atoms with E-state index in [4.69, 9.17) is 15.6 Å². The minimum atomic E-state index is -0.558. The molecule has 9 heteroatoms. The van der Waals surface area contributed by atoms with Crippen LogP contribution in [0.1, 0.15) is 18.4 Å². The minimum absolute atomic E-state index is 0.0504. The summed E-state index contributed by atoms with van der Waals surface area (Å²) in [7, 11) is 3.55. The monoisotopic (exact) mass is 437 g/mol. The van der Waals surface area contributed by atoms with Crippen LogP contribution in [0, 0.1) is 34.0 Å². The molecule has 0 saturated carbocycles. The van der Waals surface area contributed by atoms with Gasteiger partial charge in [0.15, 0.2) is 0 Å². The van der Waals surface area contributed by atoms with E-state index in [1.807, 2.05) is 13.1 Å². The van der Waals surface area contributed by atoms with Gasteiger partial charge in [-0.2, -0.15) is 9.65 Å². The van der Waals surface area contributed by atoms with Gasteiger partial charge in [0.05, 0.1) is 12.0 Å². The van der Waals surface area contributed by atoms with Crippen LogP contribution in [0.25, 0.3) is 11.1 Å². The Morgan fingerprint density at radius 3 is 2.72 bits per heavy atom. The molecule has 3 N–H and O–H groups in total. The zero-order valence-electron chi connectivity index (χ0n) is 18.4. The first-order valence-corrected chi connectivity index (χ1v) is 10.5. The van der Waals surface area contributed by atoms with Crippen LogP contribution in [0.2, 0.25) is 0 Å². The van der Waals surface area contributed by atoms with Gasteiger partial charge >= 0.3 is 0 Å². The number of halogens is 1. The number of nitrogens with one attached hydrogen (secondary N) is 3. The minimum Gasteiger partial charge on any atom is -0.491 e. The van der Waals surface area contributed by atoms with Crippen molar-refractivity contribution in [1.29, 1.82) is 16.1 Å². The molecular formula is C23H28FN7O. The van der Waals surface area contributed by atoms with Crippen molar-refractivity contribution in [2.45, 2.75) is 12.8 Å². The smallest absolute Gasteiger partial charge is 0.212 e. The van der Waals surface area contributed by atoms with Crippen molar-refractivity contribution in [2.24, 2.45) is 5.92 Å². The molecule has 0 amide bonds. The van der Waals surface area contributed by atoms with Gasteiger partial charge in [0.1, 0.15) is 29.8 Å². The van der Waals surface area contributed by atoms with Crippen LogP contribution in [0.5, 0.6) is 5.75 Å². The number of ether oxygens (including phenoxy) is 1. The van der Waals surface area contributed by atoms with Gasteiger partial charge in [0, 0.05) is 49.9 Å². The lowest BCUT2D eigenvalue weighted by Crippen LogP contribution is -2.41. The second kappa shape index (κ2) is 10.7. The summed E-state index contributed by atoms with van der Waals surface area (Å²) in [5.41, 5.74) is 2.69. The molecule has 1 aromatic heterocycles. The third-order valence-electron chi connectivity index (χ3n) is 5.67. The molecule has 2 aromatic rings. The van der Waals surface area contributed by atoms with Crippen molar-refractivity contribution < 1.29 is 9.13 Å². The average molecular weight is 438 g/mol. The molecule has 168 valence electrons. The lowest BCUT2D eigenvalue weighted by atomic mass is 9.92. The summed E-state index contributed by atoms with van der Waals surface area (Å²) < 4.78 is 19.3. The van der Waals surface area contributed by atoms with Crippen LogP contribution in [-0.2, 0) is 0 Å². The Hall–Kier alpha value is -3.51. The number of nitrogens with zero attached hydrogens (tertiary/aromatic N) is 4. The van der Waals surface area contributed by atoms with Gasteiger partial charge in [-0.25, -0.2) is 4.98 Å². The van der Waals surface area contributed by atoms with E-state index in [0.717, 1.165) is 36.0 Å². The largest absolute Gasteiger partial charge is 0.491 e. The van der Waals surface area contributed by atoms with Gasteiger partial charge in [-0.15, -0.1) is 0 Å². The molecule has 0 atom stereocenters. The fraction of sp³-hybridized carbons (Fsp3) is 0.391. The standard InChI is InChI=1S/C23H28FN7O/c1-28-9-12-32-20-5-4-18(17-3-6-21(24)29-14-17)22(19(20)13-25)31-10-7-16(8-11-31)23(27)30(2)15-26/h3-6,14-16,26-28H,7-12H2,1-2H3. The summed E-state index contributed by atoms with van der Waals surface area (Å²) in [5, 5.41) is 28.7. The predicted molar refractivity (Wildman–Crippen MR) is 123 cm³/mol. The van der Waals surface area contributed by atoms with E-state index in [0.29, 0.717) is 43.4 Å². The molecule has 1 saturated heterocycles. The van der Waals surface area contributed by atoms with Gasteiger partial charge in [0.2, 0.25) is 5.95 Å². The summed E-state index contributed by atoms with van der Waals surface area (Å²) in [5.74, 6) is 0.425. The molecule has 0 bridgehead atoms. The first-order valence-electron chi connectivity index (χ1n) is 10.5. The maximum atomic E-state index is 13.4. The Balaban J connectivity index is 1.97. The maximum Gasteiger partial charge on any atom is 0.212 e. The molecule has 1 fully saturated rings. The average Bonchev–Trinajstić information content (AvgIpc) is 2.83. The van der Waals surface area contributed by atoms with Crippen molar-refractivity contribution in [3.8, 4) is 22.9 Å². The number of benzene rings is 1. The first-order chi connectivity index (χ1) is 15.5. The number of aromatic nitrogens is 1. The van der Waals surface area contributed by atoms with Crippen molar-refractivity contribution >= 4 is 17.9 Å². The van der Waals surface area contributed by atoms with E-state index in [1.165, 1.54) is 17.2 Å². The zero-order valence-corrected chi connectivity index (χ0v) is 18.4. The number of rotatable bonds is 8. The Labute approximate surface area is 187 Å². The van der Waals surface area contributed by atoms with Crippen molar-refractivity contribution in [1.82, 2.24) is 15.2 Å². The highest BCUT2D eigenvalue weighted by molar-refractivity contribution is 5.91. The molecule has 0 radical (unpaired) electrons. The maximum absolute atomic E-state index is 13.4. The molecule has 0 spiro atoms. The second-order valence-corrected chi connectivity index (χ2v) is 7.65. The Morgan fingerprint density at radius 2 is 2.12 bits per heavy atom. The third-order valence-corrected chi connectivity index (χ3v) is 5.67. The summed E-state index contributed by atoms with van der Waals surface area (Å²) >= 11 is 0. The van der Waals surface area contributed by atoms with Crippen LogP contribution < -0.4 is 15.0 Å². The van der Waals surface area contributed by atoms with E-state index in [1.54, 1.807) is 19.2 Å². The lowest BCUT2D eigenvalue weighted by Gasteiger charge is -2.36. The predicted octanol–water partition coefficient (Wildman–Crippen LogP) is 3.09. The summed E-state index contributed by atoms with van der Waals surface area (Å²) in [6, 6.07) is 8.94. The molecule has 1 aliphatic heterocycles. The molecule has 2 heterocycles. The van der Waals surface area contributed by atoms with E-state index in [9.17, 15) is 9.65 Å². The SMILES string of the molecule is CNCCOc1ccc(-c2ccc(F)nc2)c(N2CCC(C(=N)N(C)C=N)CC2)c1C#N. The number of anilines is 1. The van der Waals surface area contributed by atoms with Gasteiger partial charge in [-0.1, -0.05) is 0 Å². The Morgan fingerprint density at radius 1 is 1.38 bits per heavy atom. The van der Waals surface area contributed by atoms with Gasteiger partial charge in [-0.05, 0) is 44.2 Å². The summed E-state index contributed by atoms with van der Waals surface area (Å²) in [6.07, 6.45) is 4.08. The summed E-state index contributed by atoms with van der Waals surface area (Å²) in [4.78, 5) is 7.44. The number of hydrogen-bond donors (Lipinski definition) is 3. The van der Waals surface area contributed by atoms with Gasteiger partial charge in [0.25, 0.3) is 0 Å². The number of hydrogen-bond acceptors (Lipinski definition) is 7. The number of pyridine rings is 1. The number of amidine groups is 1. The zero-order chi connectivity index (χ0) is 23.1. The molecule has 3 rings (SSSR count). The highest BCUT2D eigenvalue weighted by Gasteiger charge is 2.28. The fourth-order valence-corrected chi connectivity index (χ4v) is 3.89. The van der Waals surface area contributed by atoms with Crippen LogP contribution in [-0.4, -0.2) is 62.4 Å². The Kier molecular flexibility index (Phi) is 7.73. The van der Waals surface area contributed by atoms with Crippen molar-refractivity contribution in [2.75, 3.05) is 45.2 Å². The molecule has 8 nitrogen and oxygen atoms in total. The van der Waals surface area contributed by atoms with Crippen LogP contribution in [0.4, 0.5) is 10.1 Å². The van der Waals surface area contributed by atoms with Crippen LogP contribution in [0.3, 0.4) is 0 Å². The van der Waals surface area contributed by atoms with E-state index >= 15 is 0 Å². The highest BCUT2D eigenvalue weighted by Crippen LogP contribution is 2.40. The molecular weight excluding hydrogens is 409 g/mol. The van der Waals surface area contributed by atoms with Crippen LogP contribution in [0.15, 0.2) is 30.5 Å². The summed E-state index contributed by atoms with van der Waals surface area (Å²) in [6.45, 7) is 2.37. The van der Waals surface area contributed by atoms with Crippen LogP contribution >= 0.6 is 0 Å². The normalized spacial score (nSPS) is 14.0. The molecule has 32 heavy (non-hydrogen) atoms. The van der Waals surface area contributed by atoms with Crippen molar-refractivity contribution in [3.63, 3.8) is 0 Å². The van der Waals surface area contributed by atoms with Crippen molar-refractivity contribution in [3.05, 3.63) is 42.0 Å². The van der Waals surface area contributed by atoms with E-state index in [2.05, 4.69) is 21.3 Å². The first kappa shape index (κ1) is 23.2. The molecule has 1 aromatic carbocycles. The molecule has 0 unspecified atom stereocenters. The second-order valence-electron chi connectivity index (χ2n) is 7.65. The number of likely N-dealkylation sites (N-methyl/N-ethyl adjacent to an activating group) is 1. The topological polar surface area (TPSA) is 112 Å². The number of nitriles is 1. The number of piperidine rings is 1. The third kappa shape index (κ3) is 5.03. The fourth-order valence-electron chi connectivity index (χ4n) is 3.89.